The second-order valence-electron chi connectivity index (χ2n) is 5.65. The molecule has 0 radical (unpaired) electrons. The highest BCUT2D eigenvalue weighted by molar-refractivity contribution is 5.75. The summed E-state index contributed by atoms with van der Waals surface area (Å²) in [5.41, 5.74) is -0.504. The molecule has 3 nitrogen and oxygen atoms in total. The Morgan fingerprint density at radius 1 is 1.56 bits per heavy atom. The van der Waals surface area contributed by atoms with Gasteiger partial charge >= 0.3 is 5.97 Å². The van der Waals surface area contributed by atoms with Crippen molar-refractivity contribution >= 4 is 5.97 Å². The highest BCUT2D eigenvalue weighted by Crippen LogP contribution is 2.44. The number of rotatable bonds is 6. The summed E-state index contributed by atoms with van der Waals surface area (Å²) in [5.74, 6) is 0.425. The van der Waals surface area contributed by atoms with Crippen molar-refractivity contribution in [2.24, 2.45) is 17.3 Å². The first-order valence-corrected chi connectivity index (χ1v) is 6.27. The van der Waals surface area contributed by atoms with Gasteiger partial charge in [0, 0.05) is 13.2 Å². The van der Waals surface area contributed by atoms with Crippen molar-refractivity contribution in [3.8, 4) is 0 Å². The minimum Gasteiger partial charge on any atom is -0.481 e. The molecule has 2 unspecified atom stereocenters. The molecule has 1 saturated carbocycles. The Balaban J connectivity index is 2.38. The van der Waals surface area contributed by atoms with Gasteiger partial charge in [0.05, 0.1) is 5.41 Å². The first-order chi connectivity index (χ1) is 7.46. The molecule has 0 aromatic rings. The van der Waals surface area contributed by atoms with E-state index in [-0.39, 0.29) is 0 Å². The van der Waals surface area contributed by atoms with Gasteiger partial charge in [-0.2, -0.15) is 0 Å². The van der Waals surface area contributed by atoms with E-state index in [9.17, 15) is 9.90 Å². The molecule has 16 heavy (non-hydrogen) atoms. The van der Waals surface area contributed by atoms with Crippen LogP contribution in [0.1, 0.15) is 46.5 Å². The van der Waals surface area contributed by atoms with E-state index < -0.39 is 11.4 Å². The largest absolute Gasteiger partial charge is 0.481 e. The second kappa shape index (κ2) is 5.67. The summed E-state index contributed by atoms with van der Waals surface area (Å²) in [5, 5.41) is 9.33. The third-order valence-corrected chi connectivity index (χ3v) is 3.48. The van der Waals surface area contributed by atoms with Gasteiger partial charge < -0.3 is 9.84 Å². The number of ether oxygens (including phenoxy) is 1. The quantitative estimate of drug-likeness (QED) is 0.711. The summed E-state index contributed by atoms with van der Waals surface area (Å²) in [6.45, 7) is 7.65. The molecular weight excluding hydrogens is 204 g/mol. The van der Waals surface area contributed by atoms with Crippen molar-refractivity contribution in [3.63, 3.8) is 0 Å². The molecule has 0 amide bonds. The Kier molecular flexibility index (Phi) is 4.78. The second-order valence-corrected chi connectivity index (χ2v) is 5.65. The zero-order valence-electron chi connectivity index (χ0n) is 10.7. The number of carbonyl (C=O) groups is 1. The molecule has 1 N–H and O–H groups in total. The van der Waals surface area contributed by atoms with Crippen LogP contribution < -0.4 is 0 Å². The van der Waals surface area contributed by atoms with E-state index in [1.54, 1.807) is 0 Å². The van der Waals surface area contributed by atoms with Gasteiger partial charge in [-0.15, -0.1) is 0 Å². The summed E-state index contributed by atoms with van der Waals surface area (Å²) < 4.78 is 5.50. The van der Waals surface area contributed by atoms with Gasteiger partial charge in [-0.05, 0) is 37.5 Å². The van der Waals surface area contributed by atoms with Crippen molar-refractivity contribution in [1.82, 2.24) is 0 Å². The highest BCUT2D eigenvalue weighted by atomic mass is 16.5. The van der Waals surface area contributed by atoms with Crippen LogP contribution in [0.25, 0.3) is 0 Å². The molecule has 1 aliphatic rings. The smallest absolute Gasteiger partial charge is 0.309 e. The van der Waals surface area contributed by atoms with Crippen molar-refractivity contribution in [3.05, 3.63) is 0 Å². The molecule has 94 valence electrons. The van der Waals surface area contributed by atoms with Gasteiger partial charge in [-0.3, -0.25) is 4.79 Å². The highest BCUT2D eigenvalue weighted by Gasteiger charge is 2.43. The van der Waals surface area contributed by atoms with E-state index in [1.807, 2.05) is 0 Å². The van der Waals surface area contributed by atoms with E-state index in [0.717, 1.165) is 25.9 Å². The molecule has 3 heteroatoms. The Bertz CT molecular complexity index is 237. The average Bonchev–Trinajstić information content (AvgIpc) is 2.56. The molecule has 0 aromatic heterocycles. The zero-order chi connectivity index (χ0) is 12.2. The summed E-state index contributed by atoms with van der Waals surface area (Å²) in [6, 6.07) is 0. The number of carboxylic acids is 1. The lowest BCUT2D eigenvalue weighted by Gasteiger charge is -2.24. The van der Waals surface area contributed by atoms with Gasteiger partial charge in [-0.25, -0.2) is 0 Å². The number of aliphatic carboxylic acids is 1. The van der Waals surface area contributed by atoms with Crippen LogP contribution in [-0.4, -0.2) is 24.3 Å². The Labute approximate surface area is 98.2 Å². The lowest BCUT2D eigenvalue weighted by atomic mass is 9.82. The molecule has 0 aliphatic heterocycles. The number of hydrogen-bond donors (Lipinski definition) is 1. The van der Waals surface area contributed by atoms with E-state index in [4.69, 9.17) is 4.74 Å². The summed E-state index contributed by atoms with van der Waals surface area (Å²) in [6.07, 6.45) is 3.33. The predicted octanol–water partition coefficient (Wildman–Crippen LogP) is 2.94. The van der Waals surface area contributed by atoms with E-state index in [1.165, 1.54) is 0 Å². The average molecular weight is 228 g/mol. The molecule has 0 saturated heterocycles. The number of carboxylic acid groups (broad SMARTS) is 1. The Hall–Kier alpha value is -0.570. The van der Waals surface area contributed by atoms with E-state index >= 15 is 0 Å². The van der Waals surface area contributed by atoms with Crippen LogP contribution in [0.5, 0.6) is 0 Å². The maximum Gasteiger partial charge on any atom is 0.309 e. The molecule has 0 bridgehead atoms. The lowest BCUT2D eigenvalue weighted by Crippen LogP contribution is -2.30. The lowest BCUT2D eigenvalue weighted by molar-refractivity contribution is -0.150. The third-order valence-electron chi connectivity index (χ3n) is 3.48. The fraction of sp³-hybridized carbons (Fsp3) is 0.923. The minimum atomic E-state index is -0.634. The molecule has 1 rings (SSSR count). The number of hydrogen-bond acceptors (Lipinski definition) is 2. The maximum atomic E-state index is 11.3. The van der Waals surface area contributed by atoms with Crippen LogP contribution in [0, 0.1) is 17.3 Å². The fourth-order valence-corrected chi connectivity index (χ4v) is 2.51. The zero-order valence-corrected chi connectivity index (χ0v) is 10.7. The van der Waals surface area contributed by atoms with Crippen molar-refractivity contribution < 1.29 is 14.6 Å². The van der Waals surface area contributed by atoms with Gasteiger partial charge in [-0.1, -0.05) is 20.8 Å². The summed E-state index contributed by atoms with van der Waals surface area (Å²) in [7, 11) is 0. The molecule has 1 fully saturated rings. The fourth-order valence-electron chi connectivity index (χ4n) is 2.51. The molecule has 0 aromatic carbocycles. The monoisotopic (exact) mass is 228 g/mol. The van der Waals surface area contributed by atoms with Crippen LogP contribution in [0.3, 0.4) is 0 Å². The molecular formula is C13H24O3. The maximum absolute atomic E-state index is 11.3. The SMILES string of the molecule is CC(C)COCCC1(C(=O)O)CCC(C)C1. The van der Waals surface area contributed by atoms with Gasteiger partial charge in [0.2, 0.25) is 0 Å². The van der Waals surface area contributed by atoms with Gasteiger partial charge in [0.1, 0.15) is 0 Å². The minimum absolute atomic E-state index is 0.504. The molecule has 0 spiro atoms. The van der Waals surface area contributed by atoms with Crippen LogP contribution in [-0.2, 0) is 9.53 Å². The predicted molar refractivity (Wildman–Crippen MR) is 63.4 cm³/mol. The van der Waals surface area contributed by atoms with Crippen LogP contribution in [0.15, 0.2) is 0 Å². The van der Waals surface area contributed by atoms with Crippen LogP contribution in [0.2, 0.25) is 0 Å². The molecule has 2 atom stereocenters. The van der Waals surface area contributed by atoms with Crippen molar-refractivity contribution in [2.45, 2.75) is 46.5 Å². The van der Waals surface area contributed by atoms with Gasteiger partial charge in [0.25, 0.3) is 0 Å². The van der Waals surface area contributed by atoms with E-state index in [0.29, 0.717) is 24.9 Å². The molecule has 0 heterocycles. The van der Waals surface area contributed by atoms with Crippen LogP contribution in [0.4, 0.5) is 0 Å². The summed E-state index contributed by atoms with van der Waals surface area (Å²) in [4.78, 5) is 11.3. The Morgan fingerprint density at radius 3 is 2.69 bits per heavy atom. The van der Waals surface area contributed by atoms with Crippen molar-refractivity contribution in [2.75, 3.05) is 13.2 Å². The standard InChI is InChI=1S/C13H24O3/c1-10(2)9-16-7-6-13(12(14)15)5-4-11(3)8-13/h10-11H,4-9H2,1-3H3,(H,14,15). The van der Waals surface area contributed by atoms with Crippen molar-refractivity contribution in [1.29, 1.82) is 0 Å². The summed E-state index contributed by atoms with van der Waals surface area (Å²) >= 11 is 0. The topological polar surface area (TPSA) is 46.5 Å². The first kappa shape index (κ1) is 13.5. The normalized spacial score (nSPS) is 29.9. The molecule has 1 aliphatic carbocycles. The third kappa shape index (κ3) is 3.48. The first-order valence-electron chi connectivity index (χ1n) is 6.27. The Morgan fingerprint density at radius 2 is 2.25 bits per heavy atom. The van der Waals surface area contributed by atoms with Gasteiger partial charge in [0.15, 0.2) is 0 Å². The van der Waals surface area contributed by atoms with Crippen LogP contribution >= 0.6 is 0 Å². The van der Waals surface area contributed by atoms with E-state index in [2.05, 4.69) is 20.8 Å².